The largest absolute Gasteiger partial charge is 0.469 e. The van der Waals surface area contributed by atoms with Crippen LogP contribution < -0.4 is 5.32 Å². The first-order valence-electron chi connectivity index (χ1n) is 6.13. The molecular weight excluding hydrogens is 202 g/mol. The van der Waals surface area contributed by atoms with E-state index in [0.717, 1.165) is 25.9 Å². The molecule has 0 saturated heterocycles. The van der Waals surface area contributed by atoms with Crippen molar-refractivity contribution in [2.45, 2.75) is 40.5 Å². The molecule has 1 fully saturated rings. The molecule has 0 unspecified atom stereocenters. The highest BCUT2D eigenvalue weighted by Crippen LogP contribution is 2.46. The molecule has 1 saturated carbocycles. The molecule has 0 aromatic heterocycles. The maximum Gasteiger partial charge on any atom is 0.313 e. The van der Waals surface area contributed by atoms with E-state index in [9.17, 15) is 4.79 Å². The molecule has 94 valence electrons. The van der Waals surface area contributed by atoms with Gasteiger partial charge in [-0.15, -0.1) is 0 Å². The van der Waals surface area contributed by atoms with Gasteiger partial charge in [-0.25, -0.2) is 0 Å². The van der Waals surface area contributed by atoms with Crippen LogP contribution in [0.1, 0.15) is 40.5 Å². The lowest BCUT2D eigenvalue weighted by atomic mass is 9.81. The van der Waals surface area contributed by atoms with Crippen molar-refractivity contribution >= 4 is 5.97 Å². The third kappa shape index (κ3) is 2.97. The lowest BCUT2D eigenvalue weighted by Crippen LogP contribution is -2.38. The van der Waals surface area contributed by atoms with Crippen LogP contribution in [-0.2, 0) is 9.53 Å². The monoisotopic (exact) mass is 227 g/mol. The van der Waals surface area contributed by atoms with Gasteiger partial charge in [-0.05, 0) is 24.2 Å². The number of rotatable bonds is 6. The molecule has 1 aliphatic rings. The van der Waals surface area contributed by atoms with Crippen molar-refractivity contribution in [1.29, 1.82) is 0 Å². The normalized spacial score (nSPS) is 18.6. The van der Waals surface area contributed by atoms with Gasteiger partial charge in [0.25, 0.3) is 0 Å². The molecule has 0 bridgehead atoms. The SMILES string of the molecule is COC(=O)C1(CNCC(C)(C)C(C)C)CC1. The molecule has 0 heterocycles. The van der Waals surface area contributed by atoms with Crippen molar-refractivity contribution in [3.05, 3.63) is 0 Å². The minimum absolute atomic E-state index is 0.0534. The van der Waals surface area contributed by atoms with E-state index < -0.39 is 0 Å². The summed E-state index contributed by atoms with van der Waals surface area (Å²) in [5.74, 6) is 0.579. The molecule has 3 heteroatoms. The molecule has 1 rings (SSSR count). The van der Waals surface area contributed by atoms with E-state index in [4.69, 9.17) is 4.74 Å². The second-order valence-corrected chi connectivity index (χ2v) is 6.02. The number of esters is 1. The van der Waals surface area contributed by atoms with Crippen molar-refractivity contribution in [2.24, 2.45) is 16.7 Å². The molecule has 1 aliphatic carbocycles. The Labute approximate surface area is 98.9 Å². The molecule has 0 atom stereocenters. The first-order valence-corrected chi connectivity index (χ1v) is 6.13. The average molecular weight is 227 g/mol. The number of carbonyl (C=O) groups excluding carboxylic acids is 1. The van der Waals surface area contributed by atoms with Gasteiger partial charge >= 0.3 is 5.97 Å². The van der Waals surface area contributed by atoms with E-state index in [-0.39, 0.29) is 16.8 Å². The van der Waals surface area contributed by atoms with Crippen LogP contribution in [0.5, 0.6) is 0 Å². The third-order valence-electron chi connectivity index (χ3n) is 4.08. The van der Waals surface area contributed by atoms with Crippen LogP contribution >= 0.6 is 0 Å². The van der Waals surface area contributed by atoms with Crippen LogP contribution in [0.4, 0.5) is 0 Å². The number of methoxy groups -OCH3 is 1. The molecule has 1 N–H and O–H groups in total. The molecule has 0 aromatic carbocycles. The maximum atomic E-state index is 11.5. The Morgan fingerprint density at radius 3 is 2.38 bits per heavy atom. The van der Waals surface area contributed by atoms with Gasteiger partial charge in [-0.1, -0.05) is 27.7 Å². The third-order valence-corrected chi connectivity index (χ3v) is 4.08. The van der Waals surface area contributed by atoms with Crippen molar-refractivity contribution in [2.75, 3.05) is 20.2 Å². The van der Waals surface area contributed by atoms with E-state index in [0.29, 0.717) is 5.92 Å². The van der Waals surface area contributed by atoms with Crippen molar-refractivity contribution in [1.82, 2.24) is 5.32 Å². The number of hydrogen-bond acceptors (Lipinski definition) is 3. The van der Waals surface area contributed by atoms with E-state index >= 15 is 0 Å². The second kappa shape index (κ2) is 4.74. The Morgan fingerprint density at radius 1 is 1.44 bits per heavy atom. The van der Waals surface area contributed by atoms with Gasteiger partial charge < -0.3 is 10.1 Å². The van der Waals surface area contributed by atoms with E-state index in [1.807, 2.05) is 0 Å². The highest BCUT2D eigenvalue weighted by molar-refractivity contribution is 5.80. The molecule has 16 heavy (non-hydrogen) atoms. The van der Waals surface area contributed by atoms with Crippen LogP contribution in [0.25, 0.3) is 0 Å². The average Bonchev–Trinajstić information content (AvgIpc) is 2.97. The van der Waals surface area contributed by atoms with Gasteiger partial charge in [0.1, 0.15) is 0 Å². The van der Waals surface area contributed by atoms with Crippen molar-refractivity contribution in [3.63, 3.8) is 0 Å². The summed E-state index contributed by atoms with van der Waals surface area (Å²) >= 11 is 0. The zero-order valence-corrected chi connectivity index (χ0v) is 11.2. The fraction of sp³-hybridized carbons (Fsp3) is 0.923. The van der Waals surface area contributed by atoms with Crippen LogP contribution in [0.2, 0.25) is 0 Å². The van der Waals surface area contributed by atoms with Crippen LogP contribution in [-0.4, -0.2) is 26.2 Å². The number of ether oxygens (including phenoxy) is 1. The zero-order chi connectivity index (χ0) is 12.4. The van der Waals surface area contributed by atoms with Gasteiger partial charge in [0.2, 0.25) is 0 Å². The highest BCUT2D eigenvalue weighted by atomic mass is 16.5. The molecule has 0 aliphatic heterocycles. The minimum Gasteiger partial charge on any atom is -0.469 e. The van der Waals surface area contributed by atoms with Gasteiger partial charge in [0.15, 0.2) is 0 Å². The van der Waals surface area contributed by atoms with Crippen LogP contribution in [0.3, 0.4) is 0 Å². The van der Waals surface area contributed by atoms with E-state index in [1.54, 1.807) is 0 Å². The van der Waals surface area contributed by atoms with Crippen molar-refractivity contribution < 1.29 is 9.53 Å². The number of nitrogens with one attached hydrogen (secondary N) is 1. The fourth-order valence-electron chi connectivity index (χ4n) is 1.65. The summed E-state index contributed by atoms with van der Waals surface area (Å²) in [5.41, 5.74) is 0.0635. The smallest absolute Gasteiger partial charge is 0.313 e. The Morgan fingerprint density at radius 2 is 2.00 bits per heavy atom. The van der Waals surface area contributed by atoms with Gasteiger partial charge in [-0.2, -0.15) is 0 Å². The quantitative estimate of drug-likeness (QED) is 0.707. The fourth-order valence-corrected chi connectivity index (χ4v) is 1.65. The second-order valence-electron chi connectivity index (χ2n) is 6.02. The molecule has 0 radical (unpaired) electrons. The number of carbonyl (C=O) groups is 1. The predicted octanol–water partition coefficient (Wildman–Crippen LogP) is 2.21. The summed E-state index contributed by atoms with van der Waals surface area (Å²) < 4.78 is 4.83. The Kier molecular flexibility index (Phi) is 4.00. The van der Waals surface area contributed by atoms with Crippen LogP contribution in [0.15, 0.2) is 0 Å². The van der Waals surface area contributed by atoms with Crippen LogP contribution in [0, 0.1) is 16.7 Å². The Balaban J connectivity index is 2.34. The summed E-state index contributed by atoms with van der Waals surface area (Å²) in [4.78, 5) is 11.5. The first kappa shape index (κ1) is 13.5. The highest BCUT2D eigenvalue weighted by Gasteiger charge is 2.50. The summed E-state index contributed by atoms with van der Waals surface area (Å²) in [6.07, 6.45) is 1.93. The van der Waals surface area contributed by atoms with Gasteiger partial charge in [0.05, 0.1) is 12.5 Å². The molecule has 0 spiro atoms. The first-order chi connectivity index (χ1) is 7.34. The minimum atomic E-state index is -0.207. The van der Waals surface area contributed by atoms with Crippen molar-refractivity contribution in [3.8, 4) is 0 Å². The van der Waals surface area contributed by atoms with Gasteiger partial charge in [-0.3, -0.25) is 4.79 Å². The van der Waals surface area contributed by atoms with Gasteiger partial charge in [0, 0.05) is 13.1 Å². The van der Waals surface area contributed by atoms with E-state index in [1.165, 1.54) is 7.11 Å². The number of hydrogen-bond donors (Lipinski definition) is 1. The van der Waals surface area contributed by atoms with E-state index in [2.05, 4.69) is 33.0 Å². The maximum absolute atomic E-state index is 11.5. The Bertz CT molecular complexity index is 255. The zero-order valence-electron chi connectivity index (χ0n) is 11.2. The topological polar surface area (TPSA) is 38.3 Å². The summed E-state index contributed by atoms with van der Waals surface area (Å²) in [5, 5.41) is 3.42. The lowest BCUT2D eigenvalue weighted by Gasteiger charge is -2.30. The predicted molar refractivity (Wildman–Crippen MR) is 65.2 cm³/mol. The summed E-state index contributed by atoms with van der Waals surface area (Å²) in [6, 6.07) is 0. The standard InChI is InChI=1S/C13H25NO2/c1-10(2)12(3,4)8-14-9-13(6-7-13)11(15)16-5/h10,14H,6-9H2,1-5H3. The molecule has 0 aromatic rings. The lowest BCUT2D eigenvalue weighted by molar-refractivity contribution is -0.146. The molecular formula is C13H25NO2. The molecule has 0 amide bonds. The summed E-state index contributed by atoms with van der Waals surface area (Å²) in [7, 11) is 1.47. The Hall–Kier alpha value is -0.570. The summed E-state index contributed by atoms with van der Waals surface area (Å²) in [6.45, 7) is 10.7. The molecule has 3 nitrogen and oxygen atoms in total.